The third-order valence-electron chi connectivity index (χ3n) is 3.00. The van der Waals surface area contributed by atoms with Gasteiger partial charge in [-0.1, -0.05) is 0 Å². The highest BCUT2D eigenvalue weighted by atomic mass is 19.1. The fourth-order valence-corrected chi connectivity index (χ4v) is 1.98. The second kappa shape index (κ2) is 2.90. The Balaban J connectivity index is 1.59. The fraction of sp³-hybridized carbons (Fsp3) is 0.600. The highest BCUT2D eigenvalue weighted by Gasteiger charge is 2.47. The van der Waals surface area contributed by atoms with Crippen molar-refractivity contribution in [2.24, 2.45) is 11.8 Å². The highest BCUT2D eigenvalue weighted by molar-refractivity contribution is 5.29. The zero-order chi connectivity index (χ0) is 9.54. The summed E-state index contributed by atoms with van der Waals surface area (Å²) in [6, 6.07) is 0.535. The number of anilines is 1. The molecule has 14 heavy (non-hydrogen) atoms. The van der Waals surface area contributed by atoms with Crippen LogP contribution in [0, 0.1) is 17.7 Å². The molecule has 2 atom stereocenters. The molecule has 4 heteroatoms. The molecular weight excluding hydrogens is 181 g/mol. The van der Waals surface area contributed by atoms with Crippen LogP contribution in [0.4, 0.5) is 10.3 Å². The van der Waals surface area contributed by atoms with E-state index in [0.717, 1.165) is 11.8 Å². The minimum atomic E-state index is -0.384. The van der Waals surface area contributed by atoms with Gasteiger partial charge in [0, 0.05) is 6.04 Å². The average Bonchev–Trinajstić information content (AvgIpc) is 2.99. The maximum Gasteiger partial charge on any atom is 0.223 e. The van der Waals surface area contributed by atoms with Crippen LogP contribution in [-0.4, -0.2) is 16.0 Å². The Kier molecular flexibility index (Phi) is 1.69. The van der Waals surface area contributed by atoms with Crippen molar-refractivity contribution >= 4 is 5.95 Å². The minimum absolute atomic E-state index is 0.384. The lowest BCUT2D eigenvalue weighted by molar-refractivity contribution is 0.613. The Morgan fingerprint density at radius 2 is 2.00 bits per heavy atom. The van der Waals surface area contributed by atoms with Crippen LogP contribution in [0.2, 0.25) is 0 Å². The zero-order valence-corrected chi connectivity index (χ0v) is 7.78. The third kappa shape index (κ3) is 1.56. The van der Waals surface area contributed by atoms with E-state index in [2.05, 4.69) is 15.3 Å². The van der Waals surface area contributed by atoms with Crippen LogP contribution in [0.15, 0.2) is 12.4 Å². The lowest BCUT2D eigenvalue weighted by atomic mass is 10.3. The maximum absolute atomic E-state index is 12.5. The first-order valence-corrected chi connectivity index (χ1v) is 5.07. The van der Waals surface area contributed by atoms with Gasteiger partial charge in [0.1, 0.15) is 0 Å². The van der Waals surface area contributed by atoms with E-state index < -0.39 is 0 Å². The van der Waals surface area contributed by atoms with Crippen LogP contribution in [0.3, 0.4) is 0 Å². The molecule has 2 aliphatic rings. The van der Waals surface area contributed by atoms with Gasteiger partial charge in [0.05, 0.1) is 12.4 Å². The molecule has 1 heterocycles. The molecule has 74 valence electrons. The Labute approximate surface area is 81.8 Å². The lowest BCUT2D eigenvalue weighted by Gasteiger charge is -2.02. The van der Waals surface area contributed by atoms with Gasteiger partial charge in [0.25, 0.3) is 0 Å². The van der Waals surface area contributed by atoms with Crippen LogP contribution in [-0.2, 0) is 0 Å². The number of aromatic nitrogens is 2. The molecule has 0 aliphatic heterocycles. The quantitative estimate of drug-likeness (QED) is 0.795. The molecular formula is C10H12FN3. The summed E-state index contributed by atoms with van der Waals surface area (Å²) in [5.41, 5.74) is 0. The largest absolute Gasteiger partial charge is 0.351 e. The average molecular weight is 193 g/mol. The molecule has 2 fully saturated rings. The summed E-state index contributed by atoms with van der Waals surface area (Å²) >= 11 is 0. The summed E-state index contributed by atoms with van der Waals surface area (Å²) in [5.74, 6) is 1.93. The van der Waals surface area contributed by atoms with Crippen molar-refractivity contribution in [2.45, 2.75) is 25.3 Å². The SMILES string of the molecule is Fc1cnc(NC2CC2C2CC2)nc1. The predicted octanol–water partition coefficient (Wildman–Crippen LogP) is 1.83. The Bertz CT molecular complexity index is 334. The first kappa shape index (κ1) is 8.15. The van der Waals surface area contributed by atoms with Crippen molar-refractivity contribution < 1.29 is 4.39 Å². The normalized spacial score (nSPS) is 30.1. The molecule has 2 aliphatic carbocycles. The van der Waals surface area contributed by atoms with Gasteiger partial charge in [-0.15, -0.1) is 0 Å². The fourth-order valence-electron chi connectivity index (χ4n) is 1.98. The minimum Gasteiger partial charge on any atom is -0.351 e. The van der Waals surface area contributed by atoms with E-state index in [-0.39, 0.29) is 5.82 Å². The van der Waals surface area contributed by atoms with Gasteiger partial charge in [-0.25, -0.2) is 14.4 Å². The smallest absolute Gasteiger partial charge is 0.223 e. The molecule has 1 aromatic heterocycles. The van der Waals surface area contributed by atoms with Gasteiger partial charge >= 0.3 is 0 Å². The van der Waals surface area contributed by atoms with Crippen molar-refractivity contribution in [3.05, 3.63) is 18.2 Å². The number of rotatable bonds is 3. The van der Waals surface area contributed by atoms with Crippen molar-refractivity contribution in [3.63, 3.8) is 0 Å². The maximum atomic E-state index is 12.5. The van der Waals surface area contributed by atoms with E-state index >= 15 is 0 Å². The van der Waals surface area contributed by atoms with E-state index in [1.54, 1.807) is 0 Å². The van der Waals surface area contributed by atoms with Crippen LogP contribution < -0.4 is 5.32 Å². The molecule has 1 aromatic rings. The van der Waals surface area contributed by atoms with Crippen molar-refractivity contribution in [1.29, 1.82) is 0 Å². The monoisotopic (exact) mass is 193 g/mol. The summed E-state index contributed by atoms with van der Waals surface area (Å²) in [6.45, 7) is 0. The Hall–Kier alpha value is -1.19. The van der Waals surface area contributed by atoms with E-state index in [9.17, 15) is 4.39 Å². The lowest BCUT2D eigenvalue weighted by Crippen LogP contribution is -2.08. The molecule has 0 radical (unpaired) electrons. The van der Waals surface area contributed by atoms with Gasteiger partial charge in [0.2, 0.25) is 5.95 Å². The second-order valence-corrected chi connectivity index (χ2v) is 4.21. The first-order chi connectivity index (χ1) is 6.83. The summed E-state index contributed by atoms with van der Waals surface area (Å²) in [7, 11) is 0. The van der Waals surface area contributed by atoms with Gasteiger partial charge in [-0.05, 0) is 31.1 Å². The number of nitrogens with one attached hydrogen (secondary N) is 1. The molecule has 2 saturated carbocycles. The molecule has 0 bridgehead atoms. The molecule has 1 N–H and O–H groups in total. The number of nitrogens with zero attached hydrogens (tertiary/aromatic N) is 2. The van der Waals surface area contributed by atoms with Crippen molar-refractivity contribution in [3.8, 4) is 0 Å². The van der Waals surface area contributed by atoms with E-state index in [1.807, 2.05) is 0 Å². The van der Waals surface area contributed by atoms with Gasteiger partial charge in [0.15, 0.2) is 5.82 Å². The van der Waals surface area contributed by atoms with Gasteiger partial charge in [-0.2, -0.15) is 0 Å². The Morgan fingerprint density at radius 3 is 2.64 bits per heavy atom. The summed E-state index contributed by atoms with van der Waals surface area (Å²) < 4.78 is 12.5. The Morgan fingerprint density at radius 1 is 1.29 bits per heavy atom. The van der Waals surface area contributed by atoms with Crippen LogP contribution >= 0.6 is 0 Å². The third-order valence-corrected chi connectivity index (χ3v) is 3.00. The second-order valence-electron chi connectivity index (χ2n) is 4.21. The molecule has 0 saturated heterocycles. The van der Waals surface area contributed by atoms with E-state index in [1.165, 1.54) is 31.7 Å². The van der Waals surface area contributed by atoms with E-state index in [4.69, 9.17) is 0 Å². The number of halogens is 1. The van der Waals surface area contributed by atoms with E-state index in [0.29, 0.717) is 12.0 Å². The van der Waals surface area contributed by atoms with Crippen LogP contribution in [0.25, 0.3) is 0 Å². The first-order valence-electron chi connectivity index (χ1n) is 5.07. The van der Waals surface area contributed by atoms with Gasteiger partial charge in [-0.3, -0.25) is 0 Å². The topological polar surface area (TPSA) is 37.8 Å². The molecule has 2 unspecified atom stereocenters. The van der Waals surface area contributed by atoms with Crippen LogP contribution in [0.1, 0.15) is 19.3 Å². The molecule has 3 nitrogen and oxygen atoms in total. The summed E-state index contributed by atoms with van der Waals surface area (Å²) in [4.78, 5) is 7.75. The van der Waals surface area contributed by atoms with Gasteiger partial charge < -0.3 is 5.32 Å². The predicted molar refractivity (Wildman–Crippen MR) is 50.2 cm³/mol. The highest BCUT2D eigenvalue weighted by Crippen LogP contribution is 2.50. The standard InChI is InChI=1S/C10H12FN3/c11-7-4-12-10(13-5-7)14-9-3-8(9)6-1-2-6/h4-6,8-9H,1-3H2,(H,12,13,14). The molecule has 0 spiro atoms. The zero-order valence-electron chi connectivity index (χ0n) is 7.78. The number of hydrogen-bond acceptors (Lipinski definition) is 3. The van der Waals surface area contributed by atoms with Crippen molar-refractivity contribution in [2.75, 3.05) is 5.32 Å². The summed E-state index contributed by atoms with van der Waals surface area (Å²) in [5, 5.41) is 3.23. The molecule has 0 aromatic carbocycles. The summed E-state index contributed by atoms with van der Waals surface area (Å²) in [6.07, 6.45) is 6.39. The van der Waals surface area contributed by atoms with Crippen molar-refractivity contribution in [1.82, 2.24) is 9.97 Å². The van der Waals surface area contributed by atoms with Crippen LogP contribution in [0.5, 0.6) is 0 Å². The molecule has 0 amide bonds. The number of hydrogen-bond donors (Lipinski definition) is 1. The molecule has 3 rings (SSSR count).